The third-order valence-electron chi connectivity index (χ3n) is 4.45. The lowest BCUT2D eigenvalue weighted by molar-refractivity contribution is 0.0927. The van der Waals surface area contributed by atoms with Crippen LogP contribution in [0.15, 0.2) is 30.3 Å². The zero-order valence-electron chi connectivity index (χ0n) is 15.3. The fourth-order valence-electron chi connectivity index (χ4n) is 2.88. The molecular formula is C20H25N3O2. The van der Waals surface area contributed by atoms with Crippen LogP contribution in [0.4, 0.5) is 0 Å². The molecule has 2 aromatic rings. The number of nitrogens with one attached hydrogen (secondary N) is 1. The van der Waals surface area contributed by atoms with Gasteiger partial charge in [-0.15, -0.1) is 0 Å². The van der Waals surface area contributed by atoms with Crippen LogP contribution in [-0.2, 0) is 0 Å². The molecule has 2 N–H and O–H groups in total. The summed E-state index contributed by atoms with van der Waals surface area (Å²) < 4.78 is 2.01. The highest BCUT2D eigenvalue weighted by atomic mass is 16.3. The Morgan fingerprint density at radius 2 is 1.92 bits per heavy atom. The summed E-state index contributed by atoms with van der Waals surface area (Å²) in [6.07, 6.45) is 0.636. The van der Waals surface area contributed by atoms with Crippen LogP contribution in [0, 0.1) is 30.6 Å². The molecule has 5 nitrogen and oxygen atoms in total. The van der Waals surface area contributed by atoms with Crippen LogP contribution < -0.4 is 5.32 Å². The van der Waals surface area contributed by atoms with E-state index in [-0.39, 0.29) is 17.9 Å². The second-order valence-corrected chi connectivity index (χ2v) is 7.10. The molecule has 0 aliphatic heterocycles. The summed E-state index contributed by atoms with van der Waals surface area (Å²) in [7, 11) is 0. The molecule has 1 heterocycles. The summed E-state index contributed by atoms with van der Waals surface area (Å²) in [5.41, 5.74) is 3.84. The van der Waals surface area contributed by atoms with Crippen LogP contribution in [0.3, 0.4) is 0 Å². The average Bonchev–Trinajstić information content (AvgIpc) is 2.87. The molecule has 0 bridgehead atoms. The SMILES string of the molecule is Cc1cc(C(=O)NCC(C)(C)CCO)c(C)n1-c1ccc(C#N)cc1. The van der Waals surface area contributed by atoms with Gasteiger partial charge in [0.2, 0.25) is 0 Å². The molecule has 0 spiro atoms. The molecule has 0 saturated heterocycles. The number of hydrogen-bond donors (Lipinski definition) is 2. The second-order valence-electron chi connectivity index (χ2n) is 7.10. The molecule has 132 valence electrons. The van der Waals surface area contributed by atoms with E-state index in [9.17, 15) is 4.79 Å². The molecule has 0 aliphatic carbocycles. The van der Waals surface area contributed by atoms with Crippen LogP contribution in [0.2, 0.25) is 0 Å². The summed E-state index contributed by atoms with van der Waals surface area (Å²) in [4.78, 5) is 12.6. The minimum Gasteiger partial charge on any atom is -0.396 e. The first-order valence-corrected chi connectivity index (χ1v) is 8.37. The van der Waals surface area contributed by atoms with Crippen LogP contribution in [-0.4, -0.2) is 28.7 Å². The topological polar surface area (TPSA) is 78.0 Å². The highest BCUT2D eigenvalue weighted by Gasteiger charge is 2.21. The maximum absolute atomic E-state index is 12.6. The molecule has 0 radical (unpaired) electrons. The maximum atomic E-state index is 12.6. The van der Waals surface area contributed by atoms with Gasteiger partial charge in [-0.1, -0.05) is 13.8 Å². The molecule has 0 unspecified atom stereocenters. The third-order valence-corrected chi connectivity index (χ3v) is 4.45. The van der Waals surface area contributed by atoms with Gasteiger partial charge in [-0.2, -0.15) is 5.26 Å². The fourth-order valence-corrected chi connectivity index (χ4v) is 2.88. The predicted octanol–water partition coefficient (Wildman–Crippen LogP) is 3.10. The predicted molar refractivity (Wildman–Crippen MR) is 97.8 cm³/mol. The van der Waals surface area contributed by atoms with E-state index >= 15 is 0 Å². The largest absolute Gasteiger partial charge is 0.396 e. The summed E-state index contributed by atoms with van der Waals surface area (Å²) in [5.74, 6) is -0.112. The van der Waals surface area contributed by atoms with Gasteiger partial charge < -0.3 is 15.0 Å². The van der Waals surface area contributed by atoms with Gasteiger partial charge in [0.05, 0.1) is 17.2 Å². The van der Waals surface area contributed by atoms with Crippen molar-refractivity contribution in [2.75, 3.05) is 13.2 Å². The number of benzene rings is 1. The third kappa shape index (κ3) is 4.28. The van der Waals surface area contributed by atoms with Gasteiger partial charge in [0, 0.05) is 30.2 Å². The minimum absolute atomic E-state index is 0.107. The van der Waals surface area contributed by atoms with Gasteiger partial charge >= 0.3 is 0 Å². The van der Waals surface area contributed by atoms with E-state index in [2.05, 4.69) is 11.4 Å². The van der Waals surface area contributed by atoms with Crippen molar-refractivity contribution in [1.82, 2.24) is 9.88 Å². The number of rotatable bonds is 6. The lowest BCUT2D eigenvalue weighted by Crippen LogP contribution is -2.34. The Hall–Kier alpha value is -2.58. The molecular weight excluding hydrogens is 314 g/mol. The highest BCUT2D eigenvalue weighted by Crippen LogP contribution is 2.22. The van der Waals surface area contributed by atoms with Crippen LogP contribution in [0.5, 0.6) is 0 Å². The van der Waals surface area contributed by atoms with Gasteiger partial charge in [-0.3, -0.25) is 4.79 Å². The Kier molecular flexibility index (Phi) is 5.66. The molecule has 1 aromatic heterocycles. The number of aliphatic hydroxyl groups excluding tert-OH is 1. The molecule has 1 amide bonds. The van der Waals surface area contributed by atoms with Crippen LogP contribution in [0.1, 0.15) is 47.6 Å². The van der Waals surface area contributed by atoms with Crippen molar-refractivity contribution >= 4 is 5.91 Å². The van der Waals surface area contributed by atoms with Gasteiger partial charge in [-0.25, -0.2) is 0 Å². The number of aliphatic hydroxyl groups is 1. The molecule has 1 aromatic carbocycles. The fraction of sp³-hybridized carbons (Fsp3) is 0.400. The molecule has 0 fully saturated rings. The number of amides is 1. The number of carbonyl (C=O) groups is 1. The Labute approximate surface area is 148 Å². The number of carbonyl (C=O) groups excluding carboxylic acids is 1. The van der Waals surface area contributed by atoms with Crippen molar-refractivity contribution in [3.8, 4) is 11.8 Å². The number of nitriles is 1. The quantitative estimate of drug-likeness (QED) is 0.849. The Balaban J connectivity index is 2.23. The van der Waals surface area contributed by atoms with Gasteiger partial charge in [0.1, 0.15) is 0 Å². The van der Waals surface area contributed by atoms with Crippen molar-refractivity contribution in [3.63, 3.8) is 0 Å². The van der Waals surface area contributed by atoms with Crippen molar-refractivity contribution < 1.29 is 9.90 Å². The van der Waals surface area contributed by atoms with Gasteiger partial charge in [0.25, 0.3) is 5.91 Å². The van der Waals surface area contributed by atoms with Gasteiger partial charge in [0.15, 0.2) is 0 Å². The van der Waals surface area contributed by atoms with Crippen LogP contribution in [0.25, 0.3) is 5.69 Å². The average molecular weight is 339 g/mol. The van der Waals surface area contributed by atoms with Crippen molar-refractivity contribution in [1.29, 1.82) is 5.26 Å². The first-order chi connectivity index (χ1) is 11.8. The number of aryl methyl sites for hydroxylation is 1. The lowest BCUT2D eigenvalue weighted by Gasteiger charge is -2.23. The molecule has 0 aliphatic rings. The lowest BCUT2D eigenvalue weighted by atomic mass is 9.89. The zero-order valence-corrected chi connectivity index (χ0v) is 15.3. The number of hydrogen-bond acceptors (Lipinski definition) is 3. The van der Waals surface area contributed by atoms with Crippen LogP contribution >= 0.6 is 0 Å². The Morgan fingerprint density at radius 3 is 2.48 bits per heavy atom. The summed E-state index contributed by atoms with van der Waals surface area (Å²) in [6.45, 7) is 8.52. The van der Waals surface area contributed by atoms with E-state index < -0.39 is 0 Å². The monoisotopic (exact) mass is 339 g/mol. The van der Waals surface area contributed by atoms with E-state index in [4.69, 9.17) is 10.4 Å². The van der Waals surface area contributed by atoms with Crippen molar-refractivity contribution in [3.05, 3.63) is 52.8 Å². The van der Waals surface area contributed by atoms with E-state index in [0.717, 1.165) is 17.1 Å². The van der Waals surface area contributed by atoms with Crippen molar-refractivity contribution in [2.45, 2.75) is 34.1 Å². The summed E-state index contributed by atoms with van der Waals surface area (Å²) in [6, 6.07) is 11.3. The first-order valence-electron chi connectivity index (χ1n) is 8.37. The normalized spacial score (nSPS) is 11.2. The summed E-state index contributed by atoms with van der Waals surface area (Å²) in [5, 5.41) is 21.0. The van der Waals surface area contributed by atoms with E-state index in [1.165, 1.54) is 0 Å². The molecule has 0 atom stereocenters. The van der Waals surface area contributed by atoms with E-state index in [1.54, 1.807) is 12.1 Å². The first kappa shape index (κ1) is 18.8. The smallest absolute Gasteiger partial charge is 0.253 e. The number of aromatic nitrogens is 1. The zero-order chi connectivity index (χ0) is 18.6. The second kappa shape index (κ2) is 7.54. The molecule has 5 heteroatoms. The number of nitrogens with zero attached hydrogens (tertiary/aromatic N) is 2. The summed E-state index contributed by atoms with van der Waals surface area (Å²) >= 11 is 0. The standard InChI is InChI=1S/C20H25N3O2/c1-14-11-18(19(25)22-13-20(3,4)9-10-24)15(2)23(14)17-7-5-16(12-21)6-8-17/h5-8,11,24H,9-10,13H2,1-4H3,(H,22,25). The maximum Gasteiger partial charge on any atom is 0.253 e. The highest BCUT2D eigenvalue weighted by molar-refractivity contribution is 5.96. The van der Waals surface area contributed by atoms with E-state index in [1.807, 2.05) is 50.5 Å². The van der Waals surface area contributed by atoms with Gasteiger partial charge in [-0.05, 0) is 56.0 Å². The minimum atomic E-state index is -0.150. The molecule has 0 saturated carbocycles. The Bertz CT molecular complexity index is 796. The molecule has 2 rings (SSSR count). The van der Waals surface area contributed by atoms with E-state index in [0.29, 0.717) is 24.1 Å². The van der Waals surface area contributed by atoms with Crippen molar-refractivity contribution in [2.24, 2.45) is 5.41 Å². The Morgan fingerprint density at radius 1 is 1.28 bits per heavy atom. The molecule has 25 heavy (non-hydrogen) atoms.